The summed E-state index contributed by atoms with van der Waals surface area (Å²) in [6, 6.07) is 12.4. The summed E-state index contributed by atoms with van der Waals surface area (Å²) in [7, 11) is 1.53. The number of aromatic nitrogens is 1. The fraction of sp³-hybridized carbons (Fsp3) is 0.233. The number of hydrogen-bond donors (Lipinski definition) is 3. The van der Waals surface area contributed by atoms with Crippen molar-refractivity contribution >= 4 is 45.7 Å². The lowest BCUT2D eigenvalue weighted by atomic mass is 9.99. The number of pyridine rings is 1. The summed E-state index contributed by atoms with van der Waals surface area (Å²) in [6.45, 7) is 2.50. The number of hydrogen-bond acceptors (Lipinski definition) is 7. The Morgan fingerprint density at radius 3 is 2.26 bits per heavy atom. The van der Waals surface area contributed by atoms with Crippen molar-refractivity contribution in [3.05, 3.63) is 77.5 Å². The number of fused-ring (bicyclic) bond motifs is 1. The van der Waals surface area contributed by atoms with Crippen molar-refractivity contribution in [3.8, 4) is 23.0 Å². The van der Waals surface area contributed by atoms with Crippen LogP contribution in [0.25, 0.3) is 10.9 Å². The summed E-state index contributed by atoms with van der Waals surface area (Å²) in [4.78, 5) is 28.9. The number of ether oxygens (including phenoxy) is 3. The molecule has 1 aromatic heterocycles. The summed E-state index contributed by atoms with van der Waals surface area (Å²) in [6.07, 6.45) is 3.60. The molecular formula is C30H27ClF2N4O5. The summed E-state index contributed by atoms with van der Waals surface area (Å²) in [5.74, 6) is -2.03. The van der Waals surface area contributed by atoms with Gasteiger partial charge in [0.1, 0.15) is 17.1 Å². The number of nitrogens with zero attached hydrogens (tertiary/aromatic N) is 1. The fourth-order valence-electron chi connectivity index (χ4n) is 4.53. The molecule has 1 saturated heterocycles. The Morgan fingerprint density at radius 1 is 0.929 bits per heavy atom. The first-order valence-corrected chi connectivity index (χ1v) is 13.5. The first-order chi connectivity index (χ1) is 20.3. The van der Waals surface area contributed by atoms with Gasteiger partial charge in [-0.05, 0) is 80.4 Å². The van der Waals surface area contributed by atoms with Gasteiger partial charge in [-0.1, -0.05) is 11.6 Å². The van der Waals surface area contributed by atoms with Gasteiger partial charge in [0.2, 0.25) is 0 Å². The minimum Gasteiger partial charge on any atom is -0.491 e. The molecule has 3 aromatic carbocycles. The molecule has 0 radical (unpaired) electrons. The Labute approximate surface area is 245 Å². The monoisotopic (exact) mass is 596 g/mol. The number of piperidine rings is 1. The van der Waals surface area contributed by atoms with Crippen LogP contribution in [0.3, 0.4) is 0 Å². The highest BCUT2D eigenvalue weighted by molar-refractivity contribution is 6.43. The lowest BCUT2D eigenvalue weighted by Crippen LogP contribution is -2.30. The molecule has 0 saturated carbocycles. The standard InChI is InChI=1S/C30H27ClF2N4O5/c1-40-28-26(41-16-17-8-11-34-12-9-17)7-4-20-24(10-13-35-27(20)28)42-25-6-3-19(15-23(25)33)37-30(39)29(38)36-18-2-5-21(31)22(32)14-18/h2-7,10,13-15,17,34H,8-9,11-12,16H2,1H3,(H,36,38)(H,37,39). The minimum absolute atomic E-state index is 0.0130. The second-order valence-electron chi connectivity index (χ2n) is 9.59. The molecule has 0 aliphatic carbocycles. The van der Waals surface area contributed by atoms with Gasteiger partial charge in [0, 0.05) is 29.0 Å². The van der Waals surface area contributed by atoms with E-state index in [0.717, 1.165) is 38.1 Å². The van der Waals surface area contributed by atoms with Gasteiger partial charge >= 0.3 is 11.8 Å². The number of anilines is 2. The molecule has 0 atom stereocenters. The average molecular weight is 597 g/mol. The van der Waals surface area contributed by atoms with E-state index < -0.39 is 23.4 Å². The number of halogens is 3. The molecule has 3 N–H and O–H groups in total. The molecule has 0 unspecified atom stereocenters. The molecule has 12 heteroatoms. The van der Waals surface area contributed by atoms with Crippen LogP contribution in [-0.4, -0.2) is 43.6 Å². The third kappa shape index (κ3) is 6.69. The predicted molar refractivity (Wildman–Crippen MR) is 155 cm³/mol. The molecule has 42 heavy (non-hydrogen) atoms. The molecule has 0 spiro atoms. The van der Waals surface area contributed by atoms with Gasteiger partial charge in [0.15, 0.2) is 23.1 Å². The van der Waals surface area contributed by atoms with Crippen molar-refractivity contribution < 1.29 is 32.6 Å². The molecule has 2 amide bonds. The van der Waals surface area contributed by atoms with E-state index in [1.165, 1.54) is 37.6 Å². The van der Waals surface area contributed by atoms with Crippen LogP contribution in [0, 0.1) is 17.6 Å². The van der Waals surface area contributed by atoms with Crippen molar-refractivity contribution in [3.63, 3.8) is 0 Å². The number of methoxy groups -OCH3 is 1. The van der Waals surface area contributed by atoms with Gasteiger partial charge in [-0.2, -0.15) is 0 Å². The number of rotatable bonds is 8. The van der Waals surface area contributed by atoms with E-state index in [4.69, 9.17) is 25.8 Å². The zero-order valence-corrected chi connectivity index (χ0v) is 23.3. The summed E-state index contributed by atoms with van der Waals surface area (Å²) in [5.41, 5.74) is 0.543. The van der Waals surface area contributed by atoms with Gasteiger partial charge < -0.3 is 30.2 Å². The Kier molecular flexibility index (Phi) is 8.99. The Balaban J connectivity index is 1.27. The van der Waals surface area contributed by atoms with Gasteiger partial charge in [-0.3, -0.25) is 14.6 Å². The van der Waals surface area contributed by atoms with Gasteiger partial charge in [0.05, 0.1) is 18.7 Å². The maximum Gasteiger partial charge on any atom is 0.314 e. The molecule has 9 nitrogen and oxygen atoms in total. The van der Waals surface area contributed by atoms with Crippen molar-refractivity contribution in [2.45, 2.75) is 12.8 Å². The Hall–Kier alpha value is -4.48. The summed E-state index contributed by atoms with van der Waals surface area (Å²) in [5, 5.41) is 8.33. The molecule has 0 bridgehead atoms. The van der Waals surface area contributed by atoms with Gasteiger partial charge in [-0.15, -0.1) is 0 Å². The molecule has 218 valence electrons. The molecule has 5 rings (SSSR count). The lowest BCUT2D eigenvalue weighted by Gasteiger charge is -2.23. The van der Waals surface area contributed by atoms with Crippen LogP contribution < -0.4 is 30.2 Å². The zero-order valence-electron chi connectivity index (χ0n) is 22.5. The Bertz CT molecular complexity index is 1630. The number of benzene rings is 3. The molecule has 2 heterocycles. The minimum atomic E-state index is -1.08. The smallest absolute Gasteiger partial charge is 0.314 e. The number of carbonyl (C=O) groups excluding carboxylic acids is 2. The van der Waals surface area contributed by atoms with E-state index >= 15 is 4.39 Å². The number of amides is 2. The van der Waals surface area contributed by atoms with Crippen molar-refractivity contribution in [1.82, 2.24) is 10.3 Å². The quantitative estimate of drug-likeness (QED) is 0.216. The summed E-state index contributed by atoms with van der Waals surface area (Å²) < 4.78 is 46.2. The SMILES string of the molecule is COc1c(OCC2CCNCC2)ccc2c(Oc3ccc(NC(=O)C(=O)Nc4ccc(Cl)c(F)c4)cc3F)ccnc12. The van der Waals surface area contributed by atoms with Crippen LogP contribution in [-0.2, 0) is 9.59 Å². The van der Waals surface area contributed by atoms with Gasteiger partial charge in [-0.25, -0.2) is 8.78 Å². The molecule has 1 fully saturated rings. The lowest BCUT2D eigenvalue weighted by molar-refractivity contribution is -0.133. The van der Waals surface area contributed by atoms with Crippen molar-refractivity contribution in [1.29, 1.82) is 0 Å². The zero-order chi connectivity index (χ0) is 29.6. The second-order valence-corrected chi connectivity index (χ2v) is 10.00. The van der Waals surface area contributed by atoms with E-state index in [0.29, 0.717) is 40.7 Å². The third-order valence-corrected chi connectivity index (χ3v) is 7.03. The first-order valence-electron chi connectivity index (χ1n) is 13.2. The van der Waals surface area contributed by atoms with Gasteiger partial charge in [0.25, 0.3) is 0 Å². The highest BCUT2D eigenvalue weighted by atomic mass is 35.5. The van der Waals surface area contributed by atoms with Crippen molar-refractivity contribution in [2.75, 3.05) is 37.4 Å². The fourth-order valence-corrected chi connectivity index (χ4v) is 4.65. The van der Waals surface area contributed by atoms with Crippen LogP contribution in [0.1, 0.15) is 12.8 Å². The van der Waals surface area contributed by atoms with Crippen LogP contribution in [0.5, 0.6) is 23.0 Å². The van der Waals surface area contributed by atoms with Crippen molar-refractivity contribution in [2.24, 2.45) is 5.92 Å². The van der Waals surface area contributed by atoms with Crippen LogP contribution >= 0.6 is 11.6 Å². The first kappa shape index (κ1) is 29.0. The molecule has 1 aliphatic rings. The normalized spacial score (nSPS) is 13.4. The molecule has 1 aliphatic heterocycles. The maximum atomic E-state index is 15.0. The van der Waals surface area contributed by atoms with Crippen LogP contribution in [0.2, 0.25) is 5.02 Å². The van der Waals surface area contributed by atoms with E-state index in [-0.39, 0.29) is 22.1 Å². The predicted octanol–water partition coefficient (Wildman–Crippen LogP) is 5.92. The highest BCUT2D eigenvalue weighted by Gasteiger charge is 2.19. The van der Waals surface area contributed by atoms with Crippen LogP contribution in [0.15, 0.2) is 60.8 Å². The molecular weight excluding hydrogens is 570 g/mol. The largest absolute Gasteiger partial charge is 0.491 e. The van der Waals surface area contributed by atoms with E-state index in [1.807, 2.05) is 0 Å². The van der Waals surface area contributed by atoms with E-state index in [1.54, 1.807) is 18.2 Å². The average Bonchev–Trinajstić information content (AvgIpc) is 2.99. The summed E-state index contributed by atoms with van der Waals surface area (Å²) >= 11 is 5.62. The van der Waals surface area contributed by atoms with E-state index in [2.05, 4.69) is 20.9 Å². The maximum absolute atomic E-state index is 15.0. The third-order valence-electron chi connectivity index (χ3n) is 6.72. The second kappa shape index (κ2) is 13.0. The Morgan fingerprint density at radius 2 is 1.60 bits per heavy atom. The van der Waals surface area contributed by atoms with Crippen LogP contribution in [0.4, 0.5) is 20.2 Å². The topological polar surface area (TPSA) is 111 Å². The highest BCUT2D eigenvalue weighted by Crippen LogP contribution is 2.40. The number of carbonyl (C=O) groups is 2. The van der Waals surface area contributed by atoms with E-state index in [9.17, 15) is 14.0 Å². The molecule has 4 aromatic rings. The number of nitrogens with one attached hydrogen (secondary N) is 3.